The lowest BCUT2D eigenvalue weighted by Gasteiger charge is -2.39. The molecule has 2 amide bonds. The summed E-state index contributed by atoms with van der Waals surface area (Å²) < 4.78 is 5.26. The summed E-state index contributed by atoms with van der Waals surface area (Å²) in [6, 6.07) is -0.641. The van der Waals surface area contributed by atoms with Gasteiger partial charge in [-0.25, -0.2) is 4.79 Å². The molecule has 0 radical (unpaired) electrons. The normalized spacial score (nSPS) is 32.0. The predicted octanol–water partition coefficient (Wildman–Crippen LogP) is 1.70. The van der Waals surface area contributed by atoms with E-state index in [2.05, 4.69) is 19.2 Å². The second-order valence-electron chi connectivity index (χ2n) is 6.89. The van der Waals surface area contributed by atoms with Crippen LogP contribution in [0.3, 0.4) is 0 Å². The quantitative estimate of drug-likeness (QED) is 0.831. The summed E-state index contributed by atoms with van der Waals surface area (Å²) in [4.78, 5) is 25.5. The lowest BCUT2D eigenvalue weighted by molar-refractivity contribution is -0.148. The minimum absolute atomic E-state index is 0.140. The van der Waals surface area contributed by atoms with Crippen LogP contribution in [0, 0.1) is 10.8 Å². The SMILES string of the molecule is CCC1(C)CCN(C(=O)NC2COCC2(C)C(=O)O)CC1. The molecule has 2 aliphatic rings. The zero-order valence-corrected chi connectivity index (χ0v) is 13.1. The van der Waals surface area contributed by atoms with Crippen molar-refractivity contribution in [3.05, 3.63) is 0 Å². The van der Waals surface area contributed by atoms with Crippen molar-refractivity contribution in [1.29, 1.82) is 0 Å². The maximum absolute atomic E-state index is 12.3. The third-order valence-corrected chi connectivity index (χ3v) is 5.35. The van der Waals surface area contributed by atoms with Crippen LogP contribution >= 0.6 is 0 Å². The number of carbonyl (C=O) groups is 2. The first-order chi connectivity index (χ1) is 9.81. The van der Waals surface area contributed by atoms with Gasteiger partial charge in [-0.05, 0) is 25.2 Å². The van der Waals surface area contributed by atoms with Gasteiger partial charge < -0.3 is 20.1 Å². The van der Waals surface area contributed by atoms with Crippen LogP contribution in [-0.2, 0) is 9.53 Å². The van der Waals surface area contributed by atoms with E-state index in [0.29, 0.717) is 5.41 Å². The summed E-state index contributed by atoms with van der Waals surface area (Å²) in [6.45, 7) is 7.92. The van der Waals surface area contributed by atoms with Crippen LogP contribution in [0.5, 0.6) is 0 Å². The molecule has 0 aliphatic carbocycles. The molecule has 2 heterocycles. The highest BCUT2D eigenvalue weighted by molar-refractivity contribution is 5.79. The Bertz CT molecular complexity index is 418. The Kier molecular flexibility index (Phi) is 4.46. The Balaban J connectivity index is 1.92. The molecule has 2 rings (SSSR count). The summed E-state index contributed by atoms with van der Waals surface area (Å²) in [7, 11) is 0. The number of carboxylic acid groups (broad SMARTS) is 1. The standard InChI is InChI=1S/C15H26N2O4/c1-4-14(2)5-7-17(8-6-14)13(20)16-11-9-21-10-15(11,3)12(18)19/h11H,4-10H2,1-3H3,(H,16,20)(H,18,19). The molecule has 0 spiro atoms. The lowest BCUT2D eigenvalue weighted by atomic mass is 9.78. The Morgan fingerprint density at radius 1 is 1.33 bits per heavy atom. The zero-order chi connectivity index (χ0) is 15.7. The number of hydrogen-bond acceptors (Lipinski definition) is 3. The number of carboxylic acids is 1. The molecule has 21 heavy (non-hydrogen) atoms. The number of hydrogen-bond donors (Lipinski definition) is 2. The zero-order valence-electron chi connectivity index (χ0n) is 13.1. The van der Waals surface area contributed by atoms with Crippen LogP contribution in [0.4, 0.5) is 4.79 Å². The molecule has 0 bridgehead atoms. The topological polar surface area (TPSA) is 78.9 Å². The number of nitrogens with one attached hydrogen (secondary N) is 1. The fraction of sp³-hybridized carbons (Fsp3) is 0.867. The van der Waals surface area contributed by atoms with Crippen LogP contribution in [0.2, 0.25) is 0 Å². The van der Waals surface area contributed by atoms with Gasteiger partial charge in [0.25, 0.3) is 0 Å². The monoisotopic (exact) mass is 298 g/mol. The van der Waals surface area contributed by atoms with Gasteiger partial charge in [-0.2, -0.15) is 0 Å². The van der Waals surface area contributed by atoms with Gasteiger partial charge in [0.2, 0.25) is 0 Å². The van der Waals surface area contributed by atoms with Crippen molar-refractivity contribution in [1.82, 2.24) is 10.2 Å². The van der Waals surface area contributed by atoms with E-state index in [4.69, 9.17) is 4.74 Å². The molecule has 120 valence electrons. The van der Waals surface area contributed by atoms with E-state index in [1.54, 1.807) is 11.8 Å². The molecule has 2 aliphatic heterocycles. The average Bonchev–Trinajstić information content (AvgIpc) is 2.82. The predicted molar refractivity (Wildman–Crippen MR) is 78.1 cm³/mol. The van der Waals surface area contributed by atoms with Gasteiger partial charge in [0.1, 0.15) is 5.41 Å². The molecule has 0 aromatic carbocycles. The summed E-state index contributed by atoms with van der Waals surface area (Å²) in [5.74, 6) is -0.928. The first-order valence-electron chi connectivity index (χ1n) is 7.67. The Hall–Kier alpha value is -1.30. The first kappa shape index (κ1) is 16.1. The van der Waals surface area contributed by atoms with E-state index in [-0.39, 0.29) is 19.2 Å². The van der Waals surface area contributed by atoms with Crippen molar-refractivity contribution in [2.45, 2.75) is 46.1 Å². The summed E-state index contributed by atoms with van der Waals surface area (Å²) >= 11 is 0. The Morgan fingerprint density at radius 2 is 1.95 bits per heavy atom. The number of carbonyl (C=O) groups excluding carboxylic acids is 1. The maximum atomic E-state index is 12.3. The number of piperidine rings is 1. The van der Waals surface area contributed by atoms with Gasteiger partial charge in [0.05, 0.1) is 19.3 Å². The largest absolute Gasteiger partial charge is 0.481 e. The molecular weight excluding hydrogens is 272 g/mol. The highest BCUT2D eigenvalue weighted by atomic mass is 16.5. The van der Waals surface area contributed by atoms with Crippen LogP contribution in [-0.4, -0.2) is 54.4 Å². The molecular formula is C15H26N2O4. The van der Waals surface area contributed by atoms with Crippen molar-refractivity contribution in [2.24, 2.45) is 10.8 Å². The van der Waals surface area contributed by atoms with Crippen molar-refractivity contribution in [2.75, 3.05) is 26.3 Å². The highest BCUT2D eigenvalue weighted by Crippen LogP contribution is 2.34. The van der Waals surface area contributed by atoms with Gasteiger partial charge >= 0.3 is 12.0 Å². The second kappa shape index (κ2) is 5.83. The molecule has 2 N–H and O–H groups in total. The van der Waals surface area contributed by atoms with Crippen LogP contribution in [0.1, 0.15) is 40.0 Å². The molecule has 2 unspecified atom stereocenters. The van der Waals surface area contributed by atoms with Gasteiger partial charge in [0, 0.05) is 13.1 Å². The Morgan fingerprint density at radius 3 is 2.48 bits per heavy atom. The maximum Gasteiger partial charge on any atom is 0.317 e. The number of amides is 2. The van der Waals surface area contributed by atoms with E-state index in [1.807, 2.05) is 0 Å². The molecule has 2 atom stereocenters. The number of aliphatic carboxylic acids is 1. The molecule has 2 fully saturated rings. The van der Waals surface area contributed by atoms with E-state index >= 15 is 0 Å². The number of urea groups is 1. The third-order valence-electron chi connectivity index (χ3n) is 5.35. The third kappa shape index (κ3) is 3.15. The van der Waals surface area contributed by atoms with Gasteiger partial charge in [0.15, 0.2) is 0 Å². The number of ether oxygens (including phenoxy) is 1. The molecule has 0 aromatic heterocycles. The minimum atomic E-state index is -1.04. The van der Waals surface area contributed by atoms with Crippen LogP contribution in [0.25, 0.3) is 0 Å². The molecule has 2 saturated heterocycles. The van der Waals surface area contributed by atoms with E-state index in [0.717, 1.165) is 32.4 Å². The molecule has 0 saturated carbocycles. The lowest BCUT2D eigenvalue weighted by Crippen LogP contribution is -2.55. The Labute approximate surface area is 125 Å². The highest BCUT2D eigenvalue weighted by Gasteiger charge is 2.47. The smallest absolute Gasteiger partial charge is 0.317 e. The molecule has 6 heteroatoms. The van der Waals surface area contributed by atoms with Crippen LogP contribution < -0.4 is 5.32 Å². The van der Waals surface area contributed by atoms with E-state index in [9.17, 15) is 14.7 Å². The van der Waals surface area contributed by atoms with E-state index in [1.165, 1.54) is 0 Å². The van der Waals surface area contributed by atoms with Crippen molar-refractivity contribution >= 4 is 12.0 Å². The fourth-order valence-corrected chi connectivity index (χ4v) is 2.93. The minimum Gasteiger partial charge on any atom is -0.481 e. The fourth-order valence-electron chi connectivity index (χ4n) is 2.93. The van der Waals surface area contributed by atoms with Crippen LogP contribution in [0.15, 0.2) is 0 Å². The van der Waals surface area contributed by atoms with Crippen molar-refractivity contribution in [3.8, 4) is 0 Å². The van der Waals surface area contributed by atoms with Gasteiger partial charge in [-0.3, -0.25) is 4.79 Å². The van der Waals surface area contributed by atoms with Crippen molar-refractivity contribution in [3.63, 3.8) is 0 Å². The molecule has 0 aromatic rings. The number of likely N-dealkylation sites (tertiary alicyclic amines) is 1. The van der Waals surface area contributed by atoms with Gasteiger partial charge in [-0.1, -0.05) is 20.3 Å². The second-order valence-corrected chi connectivity index (χ2v) is 6.89. The average molecular weight is 298 g/mol. The number of rotatable bonds is 3. The first-order valence-corrected chi connectivity index (χ1v) is 7.67. The van der Waals surface area contributed by atoms with Crippen molar-refractivity contribution < 1.29 is 19.4 Å². The van der Waals surface area contributed by atoms with E-state index < -0.39 is 17.4 Å². The summed E-state index contributed by atoms with van der Waals surface area (Å²) in [5.41, 5.74) is -0.716. The number of nitrogens with zero attached hydrogens (tertiary/aromatic N) is 1. The van der Waals surface area contributed by atoms with Gasteiger partial charge in [-0.15, -0.1) is 0 Å². The molecule has 6 nitrogen and oxygen atoms in total. The summed E-state index contributed by atoms with van der Waals surface area (Å²) in [6.07, 6.45) is 3.11. The summed E-state index contributed by atoms with van der Waals surface area (Å²) in [5, 5.41) is 12.2.